The Balaban J connectivity index is 0. The van der Waals surface area contributed by atoms with Crippen molar-refractivity contribution >= 4 is 20.2 Å². The van der Waals surface area contributed by atoms with E-state index in [2.05, 4.69) is 4.74 Å². The highest BCUT2D eigenvalue weighted by Crippen LogP contribution is 2.25. The Morgan fingerprint density at radius 2 is 1.45 bits per heavy atom. The second kappa shape index (κ2) is 8.33. The molecule has 0 radical (unpaired) electrons. The normalized spacial score (nSPS) is 15.0. The number of rotatable bonds is 6. The van der Waals surface area contributed by atoms with Crippen LogP contribution in [0.5, 0.6) is 0 Å². The summed E-state index contributed by atoms with van der Waals surface area (Å²) in [5.74, 6) is -2.18. The fraction of sp³-hybridized carbons (Fsp3) is 1.00. The Bertz CT molecular complexity index is 526. The maximum absolute atomic E-state index is 12.0. The molecule has 136 valence electrons. The lowest BCUT2D eigenvalue weighted by atomic mass is 10.1. The molecule has 0 saturated carbocycles. The fourth-order valence-corrected chi connectivity index (χ4v) is 1.34. The number of alkyl halides is 5. The van der Waals surface area contributed by atoms with Crippen LogP contribution in [0.25, 0.3) is 0 Å². The molecule has 0 fully saturated rings. The molecule has 2 N–H and O–H groups in total. The third-order valence-electron chi connectivity index (χ3n) is 1.95. The van der Waals surface area contributed by atoms with Crippen molar-refractivity contribution in [1.29, 1.82) is 0 Å². The molecule has 0 aromatic carbocycles. The monoisotopic (exact) mass is 382 g/mol. The SMILES string of the molecule is CCC(C)CC(F)(F)F.O=S(=O)(O)COC(F)(F)S(=O)(=O)O. The van der Waals surface area contributed by atoms with Gasteiger partial charge in [-0.1, -0.05) is 20.3 Å². The molecule has 0 saturated heterocycles. The second-order valence-corrected chi connectivity index (χ2v) is 6.94. The summed E-state index contributed by atoms with van der Waals surface area (Å²) in [6.07, 6.45) is -4.03. The Kier molecular flexibility index (Phi) is 8.97. The summed E-state index contributed by atoms with van der Waals surface area (Å²) in [4.78, 5) is 0. The quantitative estimate of drug-likeness (QED) is 0.534. The van der Waals surface area contributed by atoms with Crippen LogP contribution in [0, 0.1) is 5.92 Å². The Hall–Kier alpha value is -0.570. The summed E-state index contributed by atoms with van der Waals surface area (Å²) in [7, 11) is -10.8. The maximum Gasteiger partial charge on any atom is 0.488 e. The number of hydrogen-bond donors (Lipinski definition) is 2. The highest BCUT2D eigenvalue weighted by molar-refractivity contribution is 7.87. The first kappa shape index (κ1) is 23.7. The van der Waals surface area contributed by atoms with E-state index in [-0.39, 0.29) is 5.92 Å². The lowest BCUT2D eigenvalue weighted by Crippen LogP contribution is -2.33. The zero-order valence-electron chi connectivity index (χ0n) is 11.3. The molecule has 0 aromatic rings. The number of ether oxygens (including phenoxy) is 1. The molecule has 1 atom stereocenters. The molecule has 0 amide bonds. The smallest absolute Gasteiger partial charge is 0.287 e. The topological polar surface area (TPSA) is 118 Å². The van der Waals surface area contributed by atoms with Gasteiger partial charge in [-0.25, -0.2) is 0 Å². The molecule has 0 rings (SSSR count). The van der Waals surface area contributed by atoms with Gasteiger partial charge in [0.05, 0.1) is 0 Å². The van der Waals surface area contributed by atoms with Crippen molar-refractivity contribution in [3.63, 3.8) is 0 Å². The van der Waals surface area contributed by atoms with Crippen LogP contribution in [0.1, 0.15) is 26.7 Å². The Morgan fingerprint density at radius 1 is 1.05 bits per heavy atom. The van der Waals surface area contributed by atoms with Crippen LogP contribution in [-0.2, 0) is 25.0 Å². The first-order valence-corrected chi connectivity index (χ1v) is 8.47. The molecule has 0 aromatic heterocycles. The van der Waals surface area contributed by atoms with Gasteiger partial charge in [-0.05, 0) is 5.92 Å². The minimum Gasteiger partial charge on any atom is -0.287 e. The summed E-state index contributed by atoms with van der Waals surface area (Å²) in [6.45, 7) is 3.36. The van der Waals surface area contributed by atoms with Crippen LogP contribution < -0.4 is 0 Å². The summed E-state index contributed by atoms with van der Waals surface area (Å²) in [5.41, 5.74) is -5.07. The van der Waals surface area contributed by atoms with Gasteiger partial charge in [0.1, 0.15) is 0 Å². The van der Waals surface area contributed by atoms with Crippen LogP contribution in [0.15, 0.2) is 0 Å². The third-order valence-corrected chi connectivity index (χ3v) is 3.09. The molecular formula is C8H15F5O7S2. The Morgan fingerprint density at radius 3 is 1.64 bits per heavy atom. The summed E-state index contributed by atoms with van der Waals surface area (Å²) in [6, 6.07) is 0. The number of hydrogen-bond acceptors (Lipinski definition) is 5. The molecule has 0 bridgehead atoms. The first-order chi connectivity index (χ1) is 9.41. The molecule has 0 heterocycles. The maximum atomic E-state index is 12.0. The van der Waals surface area contributed by atoms with E-state index in [0.29, 0.717) is 6.42 Å². The van der Waals surface area contributed by atoms with Gasteiger partial charge in [-0.3, -0.25) is 13.8 Å². The lowest BCUT2D eigenvalue weighted by Gasteiger charge is -2.11. The van der Waals surface area contributed by atoms with E-state index in [1.165, 1.54) is 0 Å². The highest BCUT2D eigenvalue weighted by Gasteiger charge is 2.47. The van der Waals surface area contributed by atoms with Crippen molar-refractivity contribution in [2.24, 2.45) is 5.92 Å². The van der Waals surface area contributed by atoms with Gasteiger partial charge in [-0.2, -0.15) is 38.8 Å². The van der Waals surface area contributed by atoms with Crippen molar-refractivity contribution < 1.29 is 52.6 Å². The highest BCUT2D eigenvalue weighted by atomic mass is 32.2. The fourth-order valence-electron chi connectivity index (χ4n) is 0.757. The van der Waals surface area contributed by atoms with Crippen LogP contribution >= 0.6 is 0 Å². The van der Waals surface area contributed by atoms with Crippen LogP contribution in [0.2, 0.25) is 0 Å². The van der Waals surface area contributed by atoms with Gasteiger partial charge in [0, 0.05) is 6.42 Å². The lowest BCUT2D eigenvalue weighted by molar-refractivity contribution is -0.161. The van der Waals surface area contributed by atoms with Crippen molar-refractivity contribution in [1.82, 2.24) is 0 Å². The predicted molar refractivity (Wildman–Crippen MR) is 64.1 cm³/mol. The minimum absolute atomic E-state index is 0.231. The zero-order chi connectivity index (χ0) is 18.4. The van der Waals surface area contributed by atoms with Gasteiger partial charge in [0.2, 0.25) is 0 Å². The van der Waals surface area contributed by atoms with Crippen molar-refractivity contribution in [3.8, 4) is 0 Å². The van der Waals surface area contributed by atoms with Gasteiger partial charge >= 0.3 is 21.7 Å². The molecule has 0 aliphatic carbocycles. The molecule has 7 nitrogen and oxygen atoms in total. The predicted octanol–water partition coefficient (Wildman–Crippen LogP) is 2.27. The molecule has 0 aliphatic heterocycles. The van der Waals surface area contributed by atoms with E-state index >= 15 is 0 Å². The summed E-state index contributed by atoms with van der Waals surface area (Å²) in [5, 5.41) is 0. The van der Waals surface area contributed by atoms with Crippen LogP contribution in [0.3, 0.4) is 0 Å². The molecular weight excluding hydrogens is 367 g/mol. The van der Waals surface area contributed by atoms with E-state index in [4.69, 9.17) is 9.11 Å². The standard InChI is InChI=1S/C6H11F3.C2H4F2O7S2/c1-3-5(2)4-6(7,8)9;3-2(4,13(8,9)10)11-1-12(5,6)7/h5H,3-4H2,1-2H3;1H2,(H,5,6,7)(H,8,9,10). The Labute approximate surface area is 123 Å². The number of halogens is 5. The van der Waals surface area contributed by atoms with Crippen molar-refractivity contribution in [2.75, 3.05) is 5.94 Å². The van der Waals surface area contributed by atoms with E-state index < -0.39 is 44.2 Å². The second-order valence-electron chi connectivity index (χ2n) is 4.12. The van der Waals surface area contributed by atoms with E-state index in [1.54, 1.807) is 13.8 Å². The third kappa shape index (κ3) is 13.1. The van der Waals surface area contributed by atoms with E-state index in [1.807, 2.05) is 0 Å². The zero-order valence-corrected chi connectivity index (χ0v) is 13.0. The largest absolute Gasteiger partial charge is 0.488 e. The van der Waals surface area contributed by atoms with Crippen molar-refractivity contribution in [3.05, 3.63) is 0 Å². The molecule has 14 heteroatoms. The van der Waals surface area contributed by atoms with E-state index in [9.17, 15) is 38.8 Å². The molecule has 1 unspecified atom stereocenters. The molecule has 0 aliphatic rings. The first-order valence-electron chi connectivity index (χ1n) is 5.42. The van der Waals surface area contributed by atoms with Crippen LogP contribution in [-0.4, -0.2) is 43.5 Å². The van der Waals surface area contributed by atoms with Gasteiger partial charge in [-0.15, -0.1) is 0 Å². The van der Waals surface area contributed by atoms with Gasteiger partial charge in [0.15, 0.2) is 5.94 Å². The average molecular weight is 382 g/mol. The van der Waals surface area contributed by atoms with E-state index in [0.717, 1.165) is 0 Å². The average Bonchev–Trinajstić information content (AvgIpc) is 2.22. The summed E-state index contributed by atoms with van der Waals surface area (Å²) >= 11 is 0. The molecule has 22 heavy (non-hydrogen) atoms. The van der Waals surface area contributed by atoms with Crippen LogP contribution in [0.4, 0.5) is 22.0 Å². The van der Waals surface area contributed by atoms with Gasteiger partial charge in [0.25, 0.3) is 10.1 Å². The molecule has 0 spiro atoms. The minimum atomic E-state index is -5.86. The summed E-state index contributed by atoms with van der Waals surface area (Å²) < 4.78 is 116. The van der Waals surface area contributed by atoms with Gasteiger partial charge < -0.3 is 0 Å². The van der Waals surface area contributed by atoms with Crippen molar-refractivity contribution in [2.45, 2.75) is 38.3 Å².